The Labute approximate surface area is 89.0 Å². The first-order valence-corrected chi connectivity index (χ1v) is 4.76. The normalized spacial score (nSPS) is 10.0. The summed E-state index contributed by atoms with van der Waals surface area (Å²) in [6.07, 6.45) is 0. The van der Waals surface area contributed by atoms with Gasteiger partial charge in [-0.05, 0) is 26.0 Å². The lowest BCUT2D eigenvalue weighted by Crippen LogP contribution is -2.11. The molecule has 0 atom stereocenters. The maximum Gasteiger partial charge on any atom is 0.342 e. The molecule has 0 aliphatic rings. The summed E-state index contributed by atoms with van der Waals surface area (Å²) in [5.41, 5.74) is 7.42. The number of anilines is 1. The number of hydrogen-bond acceptors (Lipinski definition) is 4. The molecule has 0 fully saturated rings. The zero-order chi connectivity index (χ0) is 11.3. The first kappa shape index (κ1) is 11.5. The Morgan fingerprint density at radius 1 is 1.47 bits per heavy atom. The highest BCUT2D eigenvalue weighted by Gasteiger charge is 2.10. The molecule has 0 spiro atoms. The van der Waals surface area contributed by atoms with Crippen LogP contribution in [0.3, 0.4) is 0 Å². The molecule has 2 N–H and O–H groups in total. The van der Waals surface area contributed by atoms with Crippen molar-refractivity contribution in [3.63, 3.8) is 0 Å². The molecule has 1 aromatic rings. The van der Waals surface area contributed by atoms with Crippen molar-refractivity contribution in [1.29, 1.82) is 0 Å². The Morgan fingerprint density at radius 3 is 2.87 bits per heavy atom. The minimum Gasteiger partial charge on any atom is -0.435 e. The van der Waals surface area contributed by atoms with Crippen molar-refractivity contribution in [2.45, 2.75) is 13.8 Å². The Bertz CT molecular complexity index is 350. The average Bonchev–Trinajstić information content (AvgIpc) is 2.22. The number of carbonyl (C=O) groups excluding carboxylic acids is 1. The molecule has 0 aliphatic carbocycles. The smallest absolute Gasteiger partial charge is 0.342 e. The summed E-state index contributed by atoms with van der Waals surface area (Å²) >= 11 is 0. The molecule has 0 radical (unpaired) electrons. The number of benzene rings is 1. The maximum absolute atomic E-state index is 11.5. The van der Waals surface area contributed by atoms with Crippen LogP contribution in [0.15, 0.2) is 18.2 Å². The summed E-state index contributed by atoms with van der Waals surface area (Å²) < 4.78 is 9.78. The van der Waals surface area contributed by atoms with E-state index in [4.69, 9.17) is 15.2 Å². The van der Waals surface area contributed by atoms with Crippen molar-refractivity contribution in [1.82, 2.24) is 0 Å². The number of nitrogen functional groups attached to an aromatic ring is 1. The van der Waals surface area contributed by atoms with E-state index in [0.717, 1.165) is 5.56 Å². The lowest BCUT2D eigenvalue weighted by Gasteiger charge is -2.07. The van der Waals surface area contributed by atoms with Crippen molar-refractivity contribution < 1.29 is 14.3 Å². The fourth-order valence-corrected chi connectivity index (χ4v) is 1.10. The monoisotopic (exact) mass is 209 g/mol. The predicted molar refractivity (Wildman–Crippen MR) is 57.5 cm³/mol. The van der Waals surface area contributed by atoms with Gasteiger partial charge in [-0.1, -0.05) is 11.6 Å². The molecular weight excluding hydrogens is 194 g/mol. The van der Waals surface area contributed by atoms with Crippen LogP contribution in [0.5, 0.6) is 0 Å². The second-order valence-electron chi connectivity index (χ2n) is 3.13. The number of rotatable bonds is 4. The van der Waals surface area contributed by atoms with Crippen molar-refractivity contribution in [3.8, 4) is 0 Å². The summed E-state index contributed by atoms with van der Waals surface area (Å²) in [6.45, 7) is 4.19. The Morgan fingerprint density at radius 2 is 2.20 bits per heavy atom. The summed E-state index contributed by atoms with van der Waals surface area (Å²) in [4.78, 5) is 11.5. The van der Waals surface area contributed by atoms with Gasteiger partial charge >= 0.3 is 5.97 Å². The second kappa shape index (κ2) is 5.36. The number of carbonyl (C=O) groups is 1. The van der Waals surface area contributed by atoms with Gasteiger partial charge in [0.2, 0.25) is 0 Å². The van der Waals surface area contributed by atoms with Crippen molar-refractivity contribution in [2.24, 2.45) is 0 Å². The van der Waals surface area contributed by atoms with E-state index in [9.17, 15) is 4.79 Å². The van der Waals surface area contributed by atoms with E-state index >= 15 is 0 Å². The SMILES string of the molecule is CCOCOC(=O)c1cc(C)ccc1N. The van der Waals surface area contributed by atoms with Crippen LogP contribution in [0, 0.1) is 6.92 Å². The van der Waals surface area contributed by atoms with Crippen LogP contribution in [0.2, 0.25) is 0 Å². The van der Waals surface area contributed by atoms with Crippen LogP contribution in [-0.4, -0.2) is 19.4 Å². The van der Waals surface area contributed by atoms with Gasteiger partial charge in [-0.25, -0.2) is 4.79 Å². The fourth-order valence-electron chi connectivity index (χ4n) is 1.10. The standard InChI is InChI=1S/C11H15NO3/c1-3-14-7-15-11(13)9-6-8(2)4-5-10(9)12/h4-6H,3,7,12H2,1-2H3. The van der Waals surface area contributed by atoms with E-state index in [0.29, 0.717) is 17.9 Å². The summed E-state index contributed by atoms with van der Waals surface area (Å²) in [6, 6.07) is 5.23. The highest BCUT2D eigenvalue weighted by molar-refractivity contribution is 5.95. The average molecular weight is 209 g/mol. The van der Waals surface area contributed by atoms with Gasteiger partial charge in [0, 0.05) is 12.3 Å². The second-order valence-corrected chi connectivity index (χ2v) is 3.13. The minimum absolute atomic E-state index is 0.0390. The minimum atomic E-state index is -0.454. The quantitative estimate of drug-likeness (QED) is 0.355. The van der Waals surface area contributed by atoms with Gasteiger partial charge < -0.3 is 15.2 Å². The molecule has 0 heterocycles. The molecule has 0 saturated heterocycles. The van der Waals surface area contributed by atoms with E-state index in [2.05, 4.69) is 0 Å². The van der Waals surface area contributed by atoms with E-state index < -0.39 is 5.97 Å². The molecule has 0 aromatic heterocycles. The molecule has 82 valence electrons. The number of ether oxygens (including phenoxy) is 2. The molecular formula is C11H15NO3. The fraction of sp³-hybridized carbons (Fsp3) is 0.364. The van der Waals surface area contributed by atoms with Crippen LogP contribution >= 0.6 is 0 Å². The van der Waals surface area contributed by atoms with Crippen molar-refractivity contribution >= 4 is 11.7 Å². The summed E-state index contributed by atoms with van der Waals surface area (Å²) in [7, 11) is 0. The van der Waals surface area contributed by atoms with Gasteiger partial charge in [0.15, 0.2) is 6.79 Å². The van der Waals surface area contributed by atoms with E-state index in [1.807, 2.05) is 19.9 Å². The highest BCUT2D eigenvalue weighted by atomic mass is 16.7. The first-order chi connectivity index (χ1) is 7.15. The number of hydrogen-bond donors (Lipinski definition) is 1. The summed E-state index contributed by atoms with van der Waals surface area (Å²) in [5.74, 6) is -0.454. The zero-order valence-corrected chi connectivity index (χ0v) is 8.95. The van der Waals surface area contributed by atoms with E-state index in [1.165, 1.54) is 0 Å². The van der Waals surface area contributed by atoms with Crippen LogP contribution in [0.25, 0.3) is 0 Å². The highest BCUT2D eigenvalue weighted by Crippen LogP contribution is 2.14. The largest absolute Gasteiger partial charge is 0.435 e. The van der Waals surface area contributed by atoms with Gasteiger partial charge in [-0.15, -0.1) is 0 Å². The Kier molecular flexibility index (Phi) is 4.12. The number of aryl methyl sites for hydroxylation is 1. The number of nitrogens with two attached hydrogens (primary N) is 1. The van der Waals surface area contributed by atoms with Gasteiger partial charge in [0.1, 0.15) is 0 Å². The molecule has 15 heavy (non-hydrogen) atoms. The molecule has 4 nitrogen and oxygen atoms in total. The van der Waals surface area contributed by atoms with Crippen LogP contribution in [-0.2, 0) is 9.47 Å². The first-order valence-electron chi connectivity index (χ1n) is 4.76. The van der Waals surface area contributed by atoms with Gasteiger partial charge in [-0.2, -0.15) is 0 Å². The topological polar surface area (TPSA) is 61.5 Å². The maximum atomic E-state index is 11.5. The third kappa shape index (κ3) is 3.25. The molecule has 0 bridgehead atoms. The lowest BCUT2D eigenvalue weighted by molar-refractivity contribution is -0.0273. The molecule has 1 rings (SSSR count). The van der Waals surface area contributed by atoms with Crippen molar-refractivity contribution in [2.75, 3.05) is 19.1 Å². The van der Waals surface area contributed by atoms with Crippen molar-refractivity contribution in [3.05, 3.63) is 29.3 Å². The third-order valence-electron chi connectivity index (χ3n) is 1.91. The molecule has 1 aromatic carbocycles. The lowest BCUT2D eigenvalue weighted by atomic mass is 10.1. The van der Waals surface area contributed by atoms with Crippen LogP contribution < -0.4 is 5.73 Å². The van der Waals surface area contributed by atoms with E-state index in [1.54, 1.807) is 12.1 Å². The summed E-state index contributed by atoms with van der Waals surface area (Å²) in [5, 5.41) is 0. The molecule has 0 amide bonds. The van der Waals surface area contributed by atoms with Gasteiger partial charge in [0.05, 0.1) is 5.56 Å². The van der Waals surface area contributed by atoms with Crippen LogP contribution in [0.4, 0.5) is 5.69 Å². The van der Waals surface area contributed by atoms with E-state index in [-0.39, 0.29) is 6.79 Å². The Hall–Kier alpha value is -1.55. The molecule has 4 heteroatoms. The van der Waals surface area contributed by atoms with Crippen LogP contribution in [0.1, 0.15) is 22.8 Å². The number of esters is 1. The predicted octanol–water partition coefficient (Wildman–Crippen LogP) is 1.73. The Balaban J connectivity index is 2.68. The molecule has 0 aliphatic heterocycles. The molecule has 0 saturated carbocycles. The van der Waals surface area contributed by atoms with Gasteiger partial charge in [-0.3, -0.25) is 0 Å². The zero-order valence-electron chi connectivity index (χ0n) is 8.95. The third-order valence-corrected chi connectivity index (χ3v) is 1.91. The van der Waals surface area contributed by atoms with Gasteiger partial charge in [0.25, 0.3) is 0 Å². The molecule has 0 unspecified atom stereocenters.